The average Bonchev–Trinajstić information content (AvgIpc) is 3.08. The van der Waals surface area contributed by atoms with Crippen LogP contribution in [-0.2, 0) is 5.75 Å². The maximum atomic E-state index is 5.67. The minimum Gasteiger partial charge on any atom is -0.490 e. The minimum atomic E-state index is 0.466. The summed E-state index contributed by atoms with van der Waals surface area (Å²) >= 11 is 1.42. The Bertz CT molecular complexity index is 817. The van der Waals surface area contributed by atoms with Gasteiger partial charge >= 0.3 is 0 Å². The minimum absolute atomic E-state index is 0.466. The van der Waals surface area contributed by atoms with E-state index >= 15 is 0 Å². The third kappa shape index (κ3) is 4.14. The fourth-order valence-electron chi connectivity index (χ4n) is 1.95. The van der Waals surface area contributed by atoms with Gasteiger partial charge in [0.15, 0.2) is 0 Å². The molecule has 3 aromatic rings. The van der Waals surface area contributed by atoms with E-state index in [2.05, 4.69) is 21.8 Å². The summed E-state index contributed by atoms with van der Waals surface area (Å²) in [4.78, 5) is 4.23. The molecule has 0 aliphatic carbocycles. The molecule has 2 heterocycles. The Hall–Kier alpha value is -2.80. The van der Waals surface area contributed by atoms with E-state index in [1.807, 2.05) is 36.4 Å². The molecule has 0 bridgehead atoms. The molecular weight excluding hydrogens is 324 g/mol. The molecule has 24 heavy (non-hydrogen) atoms. The Kier molecular flexibility index (Phi) is 5.12. The van der Waals surface area contributed by atoms with Gasteiger partial charge in [0.1, 0.15) is 18.2 Å². The fourth-order valence-corrected chi connectivity index (χ4v) is 2.62. The molecule has 0 aliphatic rings. The summed E-state index contributed by atoms with van der Waals surface area (Å²) in [6.45, 7) is 4.09. The van der Waals surface area contributed by atoms with Crippen molar-refractivity contribution in [2.24, 2.45) is 0 Å². The van der Waals surface area contributed by atoms with Gasteiger partial charge in [-0.2, -0.15) is 0 Å². The molecule has 1 aromatic carbocycles. The molecule has 6 nitrogen and oxygen atoms in total. The molecule has 122 valence electrons. The van der Waals surface area contributed by atoms with Crippen LogP contribution in [0.2, 0.25) is 0 Å². The number of hydrogen-bond donors (Lipinski definition) is 1. The Balaban J connectivity index is 1.63. The lowest BCUT2D eigenvalue weighted by atomic mass is 10.2. The third-order valence-electron chi connectivity index (χ3n) is 3.05. The van der Waals surface area contributed by atoms with Gasteiger partial charge in [-0.1, -0.05) is 30.5 Å². The van der Waals surface area contributed by atoms with E-state index in [-0.39, 0.29) is 0 Å². The first-order valence-electron chi connectivity index (χ1n) is 7.26. The van der Waals surface area contributed by atoms with Crippen LogP contribution >= 0.6 is 11.8 Å². The zero-order valence-electron chi connectivity index (χ0n) is 12.9. The molecular formula is C17H16N4O2S. The van der Waals surface area contributed by atoms with E-state index in [0.717, 1.165) is 17.0 Å². The van der Waals surface area contributed by atoms with Crippen molar-refractivity contribution in [3.63, 3.8) is 0 Å². The molecule has 0 fully saturated rings. The number of thioether (sulfide) groups is 1. The van der Waals surface area contributed by atoms with Crippen molar-refractivity contribution in [2.45, 2.75) is 11.0 Å². The molecule has 0 saturated heterocycles. The first-order chi connectivity index (χ1) is 11.7. The molecule has 7 heteroatoms. The number of benzene rings is 1. The number of anilines is 1. The van der Waals surface area contributed by atoms with E-state index in [0.29, 0.717) is 29.3 Å². The van der Waals surface area contributed by atoms with Crippen LogP contribution in [0, 0.1) is 0 Å². The normalized spacial score (nSPS) is 10.5. The van der Waals surface area contributed by atoms with Crippen LogP contribution in [0.4, 0.5) is 5.82 Å². The molecule has 2 N–H and O–H groups in total. The highest BCUT2D eigenvalue weighted by molar-refractivity contribution is 7.98. The second kappa shape index (κ2) is 7.65. The fraction of sp³-hybridized carbons (Fsp3) is 0.118. The number of nitrogens with zero attached hydrogens (tertiary/aromatic N) is 3. The monoisotopic (exact) mass is 340 g/mol. The summed E-state index contributed by atoms with van der Waals surface area (Å²) in [6, 6.07) is 13.0. The van der Waals surface area contributed by atoms with Crippen molar-refractivity contribution in [3.8, 4) is 17.2 Å². The second-order valence-electron chi connectivity index (χ2n) is 4.84. The zero-order chi connectivity index (χ0) is 16.8. The third-order valence-corrected chi connectivity index (χ3v) is 3.90. The number of pyridine rings is 1. The summed E-state index contributed by atoms with van der Waals surface area (Å²) in [5.74, 6) is 2.34. The van der Waals surface area contributed by atoms with Crippen molar-refractivity contribution >= 4 is 17.6 Å². The van der Waals surface area contributed by atoms with Crippen molar-refractivity contribution in [1.29, 1.82) is 0 Å². The molecule has 0 amide bonds. The summed E-state index contributed by atoms with van der Waals surface area (Å²) in [6.07, 6.45) is 1.70. The quantitative estimate of drug-likeness (QED) is 0.519. The maximum Gasteiger partial charge on any atom is 0.277 e. The Morgan fingerprint density at radius 3 is 2.75 bits per heavy atom. The lowest BCUT2D eigenvalue weighted by Crippen LogP contribution is -1.93. The van der Waals surface area contributed by atoms with E-state index in [9.17, 15) is 0 Å². The summed E-state index contributed by atoms with van der Waals surface area (Å²) in [5, 5.41) is 8.60. The molecule has 0 aliphatic heterocycles. The summed E-state index contributed by atoms with van der Waals surface area (Å²) < 4.78 is 11.1. The van der Waals surface area contributed by atoms with Crippen molar-refractivity contribution in [3.05, 3.63) is 60.8 Å². The lowest BCUT2D eigenvalue weighted by molar-refractivity contribution is 0.363. The predicted molar refractivity (Wildman–Crippen MR) is 93.6 cm³/mol. The average molecular weight is 340 g/mol. The topological polar surface area (TPSA) is 87.1 Å². The molecule has 0 spiro atoms. The maximum absolute atomic E-state index is 5.67. The summed E-state index contributed by atoms with van der Waals surface area (Å²) in [7, 11) is 0. The van der Waals surface area contributed by atoms with E-state index in [4.69, 9.17) is 14.9 Å². The molecule has 3 rings (SSSR count). The zero-order valence-corrected chi connectivity index (χ0v) is 13.7. The number of aromatic nitrogens is 3. The van der Waals surface area contributed by atoms with Crippen molar-refractivity contribution in [2.75, 3.05) is 12.3 Å². The number of nitrogens with two attached hydrogens (primary N) is 1. The molecule has 0 unspecified atom stereocenters. The first kappa shape index (κ1) is 16.1. The van der Waals surface area contributed by atoms with E-state index in [1.54, 1.807) is 12.1 Å². The van der Waals surface area contributed by atoms with Crippen molar-refractivity contribution < 1.29 is 9.15 Å². The highest BCUT2D eigenvalue weighted by Gasteiger charge is 2.10. The predicted octanol–water partition coefficient (Wildman–Crippen LogP) is 3.57. The van der Waals surface area contributed by atoms with E-state index in [1.165, 1.54) is 11.8 Å². The van der Waals surface area contributed by atoms with Crippen LogP contribution in [0.15, 0.2) is 64.8 Å². The van der Waals surface area contributed by atoms with Gasteiger partial charge in [0.05, 0.1) is 5.69 Å². The molecule has 0 radical (unpaired) electrons. The van der Waals surface area contributed by atoms with E-state index < -0.39 is 0 Å². The molecule has 0 atom stereocenters. The van der Waals surface area contributed by atoms with Crippen LogP contribution in [0.3, 0.4) is 0 Å². The largest absolute Gasteiger partial charge is 0.490 e. The highest BCUT2D eigenvalue weighted by atomic mass is 32.2. The number of hydrogen-bond acceptors (Lipinski definition) is 7. The van der Waals surface area contributed by atoms with Gasteiger partial charge < -0.3 is 14.9 Å². The number of ether oxygens (including phenoxy) is 1. The highest BCUT2D eigenvalue weighted by Crippen LogP contribution is 2.26. The standard InChI is InChI=1S/C17H16N4O2S/c1-2-10-22-14-8-6-12(7-9-14)16-20-21-17(23-16)24-11-13-4-3-5-15(18)19-13/h2-9H,1,10-11H2,(H2,18,19). The first-order valence-corrected chi connectivity index (χ1v) is 8.25. The SMILES string of the molecule is C=CCOc1ccc(-c2nnc(SCc3cccc(N)n3)o2)cc1. The Morgan fingerprint density at radius 2 is 2.00 bits per heavy atom. The number of rotatable bonds is 7. The Morgan fingerprint density at radius 1 is 1.17 bits per heavy atom. The van der Waals surface area contributed by atoms with Gasteiger partial charge in [0, 0.05) is 11.3 Å². The van der Waals surface area contributed by atoms with Gasteiger partial charge in [-0.3, -0.25) is 0 Å². The van der Waals surface area contributed by atoms with Gasteiger partial charge in [0.2, 0.25) is 5.89 Å². The van der Waals surface area contributed by atoms with Crippen LogP contribution in [0.1, 0.15) is 5.69 Å². The van der Waals surface area contributed by atoms with Crippen LogP contribution < -0.4 is 10.5 Å². The molecule has 2 aromatic heterocycles. The van der Waals surface area contributed by atoms with Crippen LogP contribution in [-0.4, -0.2) is 21.8 Å². The van der Waals surface area contributed by atoms with Gasteiger partial charge in [-0.25, -0.2) is 4.98 Å². The van der Waals surface area contributed by atoms with Crippen LogP contribution in [0.25, 0.3) is 11.5 Å². The number of nitrogen functional groups attached to an aromatic ring is 1. The smallest absolute Gasteiger partial charge is 0.277 e. The van der Waals surface area contributed by atoms with Crippen LogP contribution in [0.5, 0.6) is 5.75 Å². The lowest BCUT2D eigenvalue weighted by Gasteiger charge is -2.02. The summed E-state index contributed by atoms with van der Waals surface area (Å²) in [5.41, 5.74) is 7.36. The molecule has 0 saturated carbocycles. The van der Waals surface area contributed by atoms with Gasteiger partial charge in [0.25, 0.3) is 5.22 Å². The van der Waals surface area contributed by atoms with Gasteiger partial charge in [-0.15, -0.1) is 10.2 Å². The Labute approximate surface area is 143 Å². The van der Waals surface area contributed by atoms with Crippen molar-refractivity contribution in [1.82, 2.24) is 15.2 Å². The van der Waals surface area contributed by atoms with Gasteiger partial charge in [-0.05, 0) is 36.4 Å². The second-order valence-corrected chi connectivity index (χ2v) is 5.77.